The van der Waals surface area contributed by atoms with Crippen molar-refractivity contribution in [2.75, 3.05) is 27.2 Å². The Morgan fingerprint density at radius 2 is 2.10 bits per heavy atom. The predicted molar refractivity (Wildman–Crippen MR) is 131 cm³/mol. The number of amides is 3. The number of aromatic nitrogens is 1. The Hall–Kier alpha value is -1.43. The van der Waals surface area contributed by atoms with Crippen LogP contribution < -0.4 is 10.6 Å². The van der Waals surface area contributed by atoms with E-state index in [1.807, 2.05) is 25.3 Å². The highest BCUT2D eigenvalue weighted by atomic mass is 127. The van der Waals surface area contributed by atoms with Gasteiger partial charge in [-0.1, -0.05) is 6.92 Å². The zero-order chi connectivity index (χ0) is 21.0. The molecular formula is C20H33IN6O2S. The number of urea groups is 1. The largest absolute Gasteiger partial charge is 0.356 e. The van der Waals surface area contributed by atoms with E-state index in [-0.39, 0.29) is 35.9 Å². The van der Waals surface area contributed by atoms with Gasteiger partial charge in [0, 0.05) is 32.1 Å². The zero-order valence-corrected chi connectivity index (χ0v) is 21.4. The van der Waals surface area contributed by atoms with E-state index >= 15 is 0 Å². The maximum absolute atomic E-state index is 12.4. The summed E-state index contributed by atoms with van der Waals surface area (Å²) < 4.78 is 0. The Morgan fingerprint density at radius 1 is 1.37 bits per heavy atom. The van der Waals surface area contributed by atoms with Crippen molar-refractivity contribution in [2.24, 2.45) is 4.99 Å². The van der Waals surface area contributed by atoms with Crippen molar-refractivity contribution in [3.63, 3.8) is 0 Å². The minimum absolute atomic E-state index is 0. The Balaban J connectivity index is 0.00000320. The smallest absolute Gasteiger partial charge is 0.325 e. The summed E-state index contributed by atoms with van der Waals surface area (Å²) in [6, 6.07) is -0.298. The van der Waals surface area contributed by atoms with Crippen molar-refractivity contribution in [1.29, 1.82) is 0 Å². The number of fused-ring (bicyclic) bond motifs is 1. The molecule has 1 atom stereocenters. The monoisotopic (exact) mass is 548 g/mol. The number of carbonyl (C=O) groups is 2. The second-order valence-corrected chi connectivity index (χ2v) is 9.11. The van der Waals surface area contributed by atoms with Crippen molar-refractivity contribution >= 4 is 53.2 Å². The van der Waals surface area contributed by atoms with Gasteiger partial charge in [-0.25, -0.2) is 9.78 Å². The van der Waals surface area contributed by atoms with Gasteiger partial charge in [-0.05, 0) is 45.4 Å². The van der Waals surface area contributed by atoms with Crippen LogP contribution in [0.3, 0.4) is 0 Å². The second-order valence-electron chi connectivity index (χ2n) is 7.94. The van der Waals surface area contributed by atoms with Gasteiger partial charge in [-0.2, -0.15) is 0 Å². The molecule has 8 nitrogen and oxygen atoms in total. The van der Waals surface area contributed by atoms with Crippen LogP contribution >= 0.6 is 35.3 Å². The van der Waals surface area contributed by atoms with E-state index in [9.17, 15) is 9.59 Å². The summed E-state index contributed by atoms with van der Waals surface area (Å²) in [6.07, 6.45) is 6.01. The van der Waals surface area contributed by atoms with Crippen LogP contribution in [0.2, 0.25) is 0 Å². The quantitative estimate of drug-likeness (QED) is 0.180. The van der Waals surface area contributed by atoms with Gasteiger partial charge in [-0.15, -0.1) is 35.3 Å². The number of aryl methyl sites for hydroxylation is 2. The normalized spacial score (nSPS) is 21.2. The van der Waals surface area contributed by atoms with Crippen LogP contribution in [0, 0.1) is 0 Å². The van der Waals surface area contributed by atoms with Crippen LogP contribution in [0.5, 0.6) is 0 Å². The second kappa shape index (κ2) is 10.7. The molecule has 30 heavy (non-hydrogen) atoms. The fraction of sp³-hybridized carbons (Fsp3) is 0.700. The number of hydrogen-bond donors (Lipinski definition) is 2. The number of nitrogens with one attached hydrogen (secondary N) is 2. The predicted octanol–water partition coefficient (Wildman–Crippen LogP) is 2.76. The first-order valence-electron chi connectivity index (χ1n) is 10.4. The standard InChI is InChI=1S/C20H32N6O2S.HI/c1-5-20(2)17(27)26(19(28)24-20)12-8-11-22-18(21-3)25(4)13-16-23-14-9-6-7-10-15(14)29-16;/h5-13H2,1-4H3,(H,21,22)(H,24,28);1H. The number of thiazole rings is 1. The summed E-state index contributed by atoms with van der Waals surface area (Å²) in [5.74, 6) is 0.646. The number of imide groups is 1. The lowest BCUT2D eigenvalue weighted by molar-refractivity contribution is -0.130. The van der Waals surface area contributed by atoms with E-state index < -0.39 is 5.54 Å². The molecule has 0 aromatic carbocycles. The molecule has 1 unspecified atom stereocenters. The lowest BCUT2D eigenvalue weighted by Gasteiger charge is -2.22. The molecule has 1 saturated heterocycles. The summed E-state index contributed by atoms with van der Waals surface area (Å²) in [6.45, 7) is 5.43. The van der Waals surface area contributed by atoms with E-state index in [4.69, 9.17) is 4.98 Å². The molecule has 168 valence electrons. The van der Waals surface area contributed by atoms with Gasteiger partial charge in [-0.3, -0.25) is 14.7 Å². The highest BCUT2D eigenvalue weighted by molar-refractivity contribution is 14.0. The number of nitrogens with zero attached hydrogens (tertiary/aromatic N) is 4. The number of hydrogen-bond acceptors (Lipinski definition) is 5. The van der Waals surface area contributed by atoms with Crippen molar-refractivity contribution in [3.05, 3.63) is 15.6 Å². The van der Waals surface area contributed by atoms with Crippen molar-refractivity contribution in [1.82, 2.24) is 25.4 Å². The lowest BCUT2D eigenvalue weighted by Crippen LogP contribution is -2.43. The Kier molecular flexibility index (Phi) is 8.89. The molecule has 0 bridgehead atoms. The van der Waals surface area contributed by atoms with Gasteiger partial charge in [0.2, 0.25) is 0 Å². The summed E-state index contributed by atoms with van der Waals surface area (Å²) in [7, 11) is 3.76. The molecular weight excluding hydrogens is 515 g/mol. The van der Waals surface area contributed by atoms with Crippen LogP contribution in [-0.2, 0) is 24.2 Å². The van der Waals surface area contributed by atoms with Crippen LogP contribution in [0.4, 0.5) is 4.79 Å². The topological polar surface area (TPSA) is 89.9 Å². The van der Waals surface area contributed by atoms with Crippen LogP contribution in [0.15, 0.2) is 4.99 Å². The highest BCUT2D eigenvalue weighted by Gasteiger charge is 2.45. The van der Waals surface area contributed by atoms with E-state index in [2.05, 4.69) is 20.5 Å². The summed E-state index contributed by atoms with van der Waals surface area (Å²) >= 11 is 1.81. The van der Waals surface area contributed by atoms with Gasteiger partial charge < -0.3 is 15.5 Å². The van der Waals surface area contributed by atoms with Gasteiger partial charge in [0.1, 0.15) is 10.5 Å². The fourth-order valence-electron chi connectivity index (χ4n) is 3.76. The van der Waals surface area contributed by atoms with E-state index in [1.165, 1.54) is 28.3 Å². The molecule has 2 N–H and O–H groups in total. The molecule has 0 radical (unpaired) electrons. The molecule has 0 saturated carbocycles. The molecule has 1 aliphatic carbocycles. The van der Waals surface area contributed by atoms with Crippen LogP contribution in [0.1, 0.15) is 55.1 Å². The number of aliphatic imine (C=N–C) groups is 1. The molecule has 1 fully saturated rings. The molecule has 10 heteroatoms. The minimum Gasteiger partial charge on any atom is -0.356 e. The zero-order valence-electron chi connectivity index (χ0n) is 18.3. The Morgan fingerprint density at radius 3 is 2.73 bits per heavy atom. The number of halogens is 1. The first kappa shape index (κ1) is 24.8. The van der Waals surface area contributed by atoms with E-state index in [0.717, 1.165) is 30.4 Å². The Bertz CT molecular complexity index is 775. The van der Waals surface area contributed by atoms with Gasteiger partial charge >= 0.3 is 6.03 Å². The average molecular weight is 548 g/mol. The summed E-state index contributed by atoms with van der Waals surface area (Å²) in [5.41, 5.74) is 0.508. The molecule has 2 heterocycles. The third kappa shape index (κ3) is 5.43. The maximum atomic E-state index is 12.4. The molecule has 0 spiro atoms. The fourth-order valence-corrected chi connectivity index (χ4v) is 4.97. The summed E-state index contributed by atoms with van der Waals surface area (Å²) in [5, 5.41) is 7.23. The van der Waals surface area contributed by atoms with Crippen molar-refractivity contribution < 1.29 is 9.59 Å². The maximum Gasteiger partial charge on any atom is 0.325 e. The molecule has 3 amide bonds. The SMILES string of the molecule is CCC1(C)NC(=O)N(CCCNC(=NC)N(C)Cc2nc3c(s2)CCCC3)C1=O.I. The van der Waals surface area contributed by atoms with Gasteiger partial charge in [0.15, 0.2) is 5.96 Å². The van der Waals surface area contributed by atoms with Crippen molar-refractivity contribution in [2.45, 2.75) is 64.5 Å². The number of carbonyl (C=O) groups excluding carboxylic acids is 2. The van der Waals surface area contributed by atoms with Gasteiger partial charge in [0.25, 0.3) is 5.91 Å². The summed E-state index contributed by atoms with van der Waals surface area (Å²) in [4.78, 5) is 38.5. The van der Waals surface area contributed by atoms with Crippen LogP contribution in [-0.4, -0.2) is 65.4 Å². The lowest BCUT2D eigenvalue weighted by atomic mass is 9.99. The Labute approximate surface area is 199 Å². The van der Waals surface area contributed by atoms with Gasteiger partial charge in [0.05, 0.1) is 12.2 Å². The number of guanidine groups is 1. The molecule has 1 aromatic rings. The third-order valence-electron chi connectivity index (χ3n) is 5.73. The molecule has 3 rings (SSSR count). The molecule has 2 aliphatic rings. The first-order valence-corrected chi connectivity index (χ1v) is 11.2. The third-order valence-corrected chi connectivity index (χ3v) is 6.87. The number of rotatable bonds is 7. The van der Waals surface area contributed by atoms with Crippen molar-refractivity contribution in [3.8, 4) is 0 Å². The highest BCUT2D eigenvalue weighted by Crippen LogP contribution is 2.27. The molecule has 1 aromatic heterocycles. The van der Waals surface area contributed by atoms with E-state index in [0.29, 0.717) is 25.9 Å². The van der Waals surface area contributed by atoms with E-state index in [1.54, 1.807) is 14.0 Å². The minimum atomic E-state index is -0.770. The molecule has 1 aliphatic heterocycles. The average Bonchev–Trinajstić information content (AvgIpc) is 3.20. The van der Waals surface area contributed by atoms with Crippen LogP contribution in [0.25, 0.3) is 0 Å². The first-order chi connectivity index (χ1) is 13.9.